The first-order valence-corrected chi connectivity index (χ1v) is 9.01. The molecule has 0 radical (unpaired) electrons. The minimum atomic E-state index is 0. The van der Waals surface area contributed by atoms with Gasteiger partial charge >= 0.3 is 0 Å². The van der Waals surface area contributed by atoms with Crippen molar-refractivity contribution in [2.24, 2.45) is 11.8 Å². The van der Waals surface area contributed by atoms with Crippen molar-refractivity contribution in [2.75, 3.05) is 32.7 Å². The van der Waals surface area contributed by atoms with Gasteiger partial charge in [-0.05, 0) is 62.6 Å². The van der Waals surface area contributed by atoms with Gasteiger partial charge in [-0.15, -0.1) is 24.8 Å². The Morgan fingerprint density at radius 3 is 2.56 bits per heavy atom. The van der Waals surface area contributed by atoms with E-state index in [0.29, 0.717) is 12.5 Å². The highest BCUT2D eigenvalue weighted by molar-refractivity contribution is 6.30. The first-order valence-electron chi connectivity index (χ1n) is 8.63. The molecule has 2 atom stereocenters. The van der Waals surface area contributed by atoms with E-state index < -0.39 is 0 Å². The van der Waals surface area contributed by atoms with Gasteiger partial charge in [0, 0.05) is 17.5 Å². The Labute approximate surface area is 167 Å². The van der Waals surface area contributed by atoms with Gasteiger partial charge in [0.15, 0.2) is 0 Å². The van der Waals surface area contributed by atoms with E-state index >= 15 is 0 Å². The zero-order valence-electron chi connectivity index (χ0n) is 14.5. The van der Waals surface area contributed by atoms with Crippen LogP contribution >= 0.6 is 36.4 Å². The number of rotatable bonds is 6. The standard InChI is InChI=1S/C18H26ClN3O.2ClH/c1-13(15-10-20-11-15)18(23)21-12-17(22-7-2-3-8-22)14-5-4-6-16(19)9-14;;/h4-6,9,13,15,17,20H,2-3,7-8,10-12H2,1H3,(H,21,23);2*1H. The molecule has 142 valence electrons. The molecule has 3 rings (SSSR count). The van der Waals surface area contributed by atoms with E-state index in [2.05, 4.69) is 21.6 Å². The first-order chi connectivity index (χ1) is 11.1. The molecule has 1 aromatic carbocycles. The maximum atomic E-state index is 12.4. The van der Waals surface area contributed by atoms with Crippen molar-refractivity contribution in [3.63, 3.8) is 0 Å². The normalized spacial score (nSPS) is 19.9. The van der Waals surface area contributed by atoms with Crippen LogP contribution in [0.4, 0.5) is 0 Å². The van der Waals surface area contributed by atoms with Crippen LogP contribution in [0.25, 0.3) is 0 Å². The van der Waals surface area contributed by atoms with Gasteiger partial charge in [0.05, 0.1) is 6.04 Å². The van der Waals surface area contributed by atoms with Gasteiger partial charge in [0.1, 0.15) is 0 Å². The molecule has 0 saturated carbocycles. The van der Waals surface area contributed by atoms with Crippen molar-refractivity contribution < 1.29 is 4.79 Å². The third kappa shape index (κ3) is 5.73. The fraction of sp³-hybridized carbons (Fsp3) is 0.611. The van der Waals surface area contributed by atoms with E-state index in [0.717, 1.165) is 31.2 Å². The Morgan fingerprint density at radius 2 is 2.00 bits per heavy atom. The lowest BCUT2D eigenvalue weighted by Gasteiger charge is -2.33. The van der Waals surface area contributed by atoms with Gasteiger partial charge in [-0.25, -0.2) is 0 Å². The number of carbonyl (C=O) groups is 1. The molecular weight excluding hydrogens is 381 g/mol. The number of hydrogen-bond acceptors (Lipinski definition) is 3. The minimum Gasteiger partial charge on any atom is -0.354 e. The van der Waals surface area contributed by atoms with E-state index in [1.165, 1.54) is 18.4 Å². The summed E-state index contributed by atoms with van der Waals surface area (Å²) < 4.78 is 0. The van der Waals surface area contributed by atoms with Crippen LogP contribution in [-0.4, -0.2) is 43.5 Å². The summed E-state index contributed by atoms with van der Waals surface area (Å²) in [6, 6.07) is 8.24. The summed E-state index contributed by atoms with van der Waals surface area (Å²) in [6.45, 7) is 6.79. The van der Waals surface area contributed by atoms with Crippen LogP contribution in [0.1, 0.15) is 31.4 Å². The summed E-state index contributed by atoms with van der Waals surface area (Å²) in [4.78, 5) is 14.9. The first kappa shape index (κ1) is 22.5. The highest BCUT2D eigenvalue weighted by Gasteiger charge is 2.30. The molecule has 2 unspecified atom stereocenters. The monoisotopic (exact) mass is 407 g/mol. The zero-order chi connectivity index (χ0) is 16.2. The van der Waals surface area contributed by atoms with Gasteiger partial charge in [-0.3, -0.25) is 9.69 Å². The van der Waals surface area contributed by atoms with Gasteiger partial charge in [-0.2, -0.15) is 0 Å². The van der Waals surface area contributed by atoms with E-state index in [1.807, 2.05) is 25.1 Å². The van der Waals surface area contributed by atoms with Crippen molar-refractivity contribution >= 4 is 42.3 Å². The summed E-state index contributed by atoms with van der Waals surface area (Å²) in [6.07, 6.45) is 2.46. The number of likely N-dealkylation sites (tertiary alicyclic amines) is 1. The molecule has 4 nitrogen and oxygen atoms in total. The van der Waals surface area contributed by atoms with Crippen LogP contribution in [0.3, 0.4) is 0 Å². The van der Waals surface area contributed by atoms with Crippen LogP contribution in [0.15, 0.2) is 24.3 Å². The number of hydrogen-bond donors (Lipinski definition) is 2. The summed E-state index contributed by atoms with van der Waals surface area (Å²) >= 11 is 6.16. The van der Waals surface area contributed by atoms with E-state index in [1.54, 1.807) is 0 Å². The number of nitrogens with zero attached hydrogens (tertiary/aromatic N) is 1. The van der Waals surface area contributed by atoms with Crippen LogP contribution < -0.4 is 10.6 Å². The van der Waals surface area contributed by atoms with Crippen LogP contribution in [-0.2, 0) is 4.79 Å². The second-order valence-corrected chi connectivity index (χ2v) is 7.20. The predicted molar refractivity (Wildman–Crippen MR) is 108 cm³/mol. The SMILES string of the molecule is CC(C(=O)NCC(c1cccc(Cl)c1)N1CCCC1)C1CNC1.Cl.Cl. The molecule has 2 aliphatic rings. The maximum absolute atomic E-state index is 12.4. The van der Waals surface area contributed by atoms with Gasteiger partial charge in [0.25, 0.3) is 0 Å². The van der Waals surface area contributed by atoms with E-state index in [9.17, 15) is 4.79 Å². The topological polar surface area (TPSA) is 44.4 Å². The Balaban J connectivity index is 0.00000156. The lowest BCUT2D eigenvalue weighted by atomic mass is 9.88. The lowest BCUT2D eigenvalue weighted by Crippen LogP contribution is -2.50. The molecule has 1 amide bonds. The van der Waals surface area contributed by atoms with Crippen molar-refractivity contribution in [1.29, 1.82) is 0 Å². The van der Waals surface area contributed by atoms with Crippen molar-refractivity contribution in [2.45, 2.75) is 25.8 Å². The number of carbonyl (C=O) groups excluding carboxylic acids is 1. The molecule has 2 aliphatic heterocycles. The molecule has 1 aromatic rings. The molecule has 0 spiro atoms. The average molecular weight is 409 g/mol. The van der Waals surface area contributed by atoms with E-state index in [4.69, 9.17) is 11.6 Å². The predicted octanol–water partition coefficient (Wildman–Crippen LogP) is 3.29. The smallest absolute Gasteiger partial charge is 0.223 e. The van der Waals surface area contributed by atoms with Crippen molar-refractivity contribution in [1.82, 2.24) is 15.5 Å². The molecule has 25 heavy (non-hydrogen) atoms. The van der Waals surface area contributed by atoms with Crippen LogP contribution in [0, 0.1) is 11.8 Å². The van der Waals surface area contributed by atoms with Gasteiger partial charge in [-0.1, -0.05) is 30.7 Å². The molecule has 0 aliphatic carbocycles. The number of nitrogens with one attached hydrogen (secondary N) is 2. The Kier molecular flexibility index (Phi) is 9.54. The highest BCUT2D eigenvalue weighted by atomic mass is 35.5. The zero-order valence-corrected chi connectivity index (χ0v) is 16.9. The fourth-order valence-corrected chi connectivity index (χ4v) is 3.66. The molecule has 2 N–H and O–H groups in total. The summed E-state index contributed by atoms with van der Waals surface area (Å²) in [5.74, 6) is 0.726. The quantitative estimate of drug-likeness (QED) is 0.759. The molecule has 0 bridgehead atoms. The number of amides is 1. The Morgan fingerprint density at radius 1 is 1.32 bits per heavy atom. The fourth-order valence-electron chi connectivity index (χ4n) is 3.46. The van der Waals surface area contributed by atoms with Gasteiger partial charge in [0.2, 0.25) is 5.91 Å². The largest absolute Gasteiger partial charge is 0.354 e. The van der Waals surface area contributed by atoms with Crippen LogP contribution in [0.5, 0.6) is 0 Å². The second kappa shape index (κ2) is 10.6. The average Bonchev–Trinajstić information content (AvgIpc) is 2.99. The lowest BCUT2D eigenvalue weighted by molar-refractivity contribution is -0.126. The summed E-state index contributed by atoms with van der Waals surface area (Å²) in [7, 11) is 0. The minimum absolute atomic E-state index is 0. The maximum Gasteiger partial charge on any atom is 0.223 e. The molecular formula is C18H28Cl3N3O. The Bertz CT molecular complexity index is 548. The third-order valence-electron chi connectivity index (χ3n) is 5.22. The van der Waals surface area contributed by atoms with Crippen LogP contribution in [0.2, 0.25) is 5.02 Å². The third-order valence-corrected chi connectivity index (χ3v) is 5.45. The molecule has 2 heterocycles. The second-order valence-electron chi connectivity index (χ2n) is 6.77. The van der Waals surface area contributed by atoms with Gasteiger partial charge < -0.3 is 10.6 Å². The van der Waals surface area contributed by atoms with Crippen molar-refractivity contribution in [3.8, 4) is 0 Å². The summed E-state index contributed by atoms with van der Waals surface area (Å²) in [5, 5.41) is 7.17. The molecule has 2 saturated heterocycles. The van der Waals surface area contributed by atoms with E-state index in [-0.39, 0.29) is 42.7 Å². The molecule has 2 fully saturated rings. The molecule has 7 heteroatoms. The Hall–Kier alpha value is -0.520. The molecule has 0 aromatic heterocycles. The number of benzene rings is 1. The number of halogens is 3. The summed E-state index contributed by atoms with van der Waals surface area (Å²) in [5.41, 5.74) is 1.19. The van der Waals surface area contributed by atoms with Crippen molar-refractivity contribution in [3.05, 3.63) is 34.9 Å². The highest BCUT2D eigenvalue weighted by Crippen LogP contribution is 2.26.